The first-order valence-electron chi connectivity index (χ1n) is 9.21. The Labute approximate surface area is 170 Å². The molecule has 0 bridgehead atoms. The number of fused-ring (bicyclic) bond motifs is 1. The number of nitrogens with two attached hydrogens (primary N) is 1. The number of halogens is 2. The second kappa shape index (κ2) is 7.51. The first-order valence-corrected chi connectivity index (χ1v) is 9.21. The third-order valence-electron chi connectivity index (χ3n) is 4.62. The molecule has 0 spiro atoms. The second-order valence-corrected chi connectivity index (χ2v) is 6.72. The third kappa shape index (κ3) is 3.45. The number of anilines is 3. The molecule has 0 radical (unpaired) electrons. The van der Waals surface area contributed by atoms with E-state index >= 15 is 0 Å². The topological polar surface area (TPSA) is 87.1 Å². The number of aryl methyl sites for hydroxylation is 1. The molecule has 2 aromatic heterocycles. The van der Waals surface area contributed by atoms with E-state index in [9.17, 15) is 13.6 Å². The second-order valence-electron chi connectivity index (χ2n) is 6.72. The van der Waals surface area contributed by atoms with E-state index in [1.165, 1.54) is 21.7 Å². The maximum absolute atomic E-state index is 14.2. The predicted octanol–water partition coefficient (Wildman–Crippen LogP) is 3.45. The van der Waals surface area contributed by atoms with E-state index in [4.69, 9.17) is 10.6 Å². The molecule has 0 aliphatic carbocycles. The molecule has 0 aliphatic rings. The average molecular weight is 411 g/mol. The standard InChI is InChI=1S/C21H19F2N5O2/c1-3-30-28-11-16-20(26-28)15(10-27(2)21(16)29)14-9-13(24)5-7-18(14)25-19-6-4-12(22)8-17(19)23/h4-11,25H,3,24H2,1-2H3. The molecule has 4 rings (SSSR count). The molecule has 0 amide bonds. The van der Waals surface area contributed by atoms with E-state index in [0.29, 0.717) is 40.0 Å². The first kappa shape index (κ1) is 19.4. The highest BCUT2D eigenvalue weighted by atomic mass is 19.1. The van der Waals surface area contributed by atoms with E-state index in [-0.39, 0.29) is 11.2 Å². The van der Waals surface area contributed by atoms with E-state index in [2.05, 4.69) is 10.4 Å². The Kier molecular flexibility index (Phi) is 4.86. The summed E-state index contributed by atoms with van der Waals surface area (Å²) in [6, 6.07) is 8.31. The van der Waals surface area contributed by atoms with Crippen molar-refractivity contribution in [2.24, 2.45) is 7.05 Å². The number of aromatic nitrogens is 3. The highest BCUT2D eigenvalue weighted by molar-refractivity contribution is 5.97. The van der Waals surface area contributed by atoms with Gasteiger partial charge in [-0.15, -0.1) is 9.94 Å². The van der Waals surface area contributed by atoms with Gasteiger partial charge in [0.2, 0.25) is 0 Å². The molecule has 0 atom stereocenters. The molecule has 2 aromatic carbocycles. The molecule has 9 heteroatoms. The van der Waals surface area contributed by atoms with Gasteiger partial charge in [-0.05, 0) is 37.3 Å². The van der Waals surface area contributed by atoms with Gasteiger partial charge in [0.1, 0.15) is 23.8 Å². The van der Waals surface area contributed by atoms with E-state index in [1.54, 1.807) is 31.4 Å². The van der Waals surface area contributed by atoms with Crippen LogP contribution in [-0.4, -0.2) is 21.1 Å². The zero-order valence-electron chi connectivity index (χ0n) is 16.3. The first-order chi connectivity index (χ1) is 14.4. The van der Waals surface area contributed by atoms with Gasteiger partial charge in [-0.3, -0.25) is 4.79 Å². The summed E-state index contributed by atoms with van der Waals surface area (Å²) in [4.78, 5) is 19.2. The Morgan fingerprint density at radius 2 is 1.87 bits per heavy atom. The molecule has 3 N–H and O–H groups in total. The molecule has 0 saturated carbocycles. The lowest BCUT2D eigenvalue weighted by atomic mass is 10.0. The number of hydrogen-bond acceptors (Lipinski definition) is 5. The largest absolute Gasteiger partial charge is 0.399 e. The number of hydrogen-bond donors (Lipinski definition) is 2. The van der Waals surface area contributed by atoms with Crippen molar-refractivity contribution in [3.8, 4) is 11.1 Å². The lowest BCUT2D eigenvalue weighted by molar-refractivity contribution is 0.0944. The van der Waals surface area contributed by atoms with Gasteiger partial charge in [0.25, 0.3) is 5.56 Å². The summed E-state index contributed by atoms with van der Waals surface area (Å²) in [7, 11) is 1.63. The van der Waals surface area contributed by atoms with Crippen molar-refractivity contribution in [2.45, 2.75) is 6.92 Å². The van der Waals surface area contributed by atoms with Crippen LogP contribution >= 0.6 is 0 Å². The fourth-order valence-corrected chi connectivity index (χ4v) is 3.24. The monoisotopic (exact) mass is 411 g/mol. The molecule has 0 unspecified atom stereocenters. The summed E-state index contributed by atoms with van der Waals surface area (Å²) < 4.78 is 28.9. The summed E-state index contributed by atoms with van der Waals surface area (Å²) in [5, 5.41) is 7.72. The van der Waals surface area contributed by atoms with E-state index < -0.39 is 11.6 Å². The van der Waals surface area contributed by atoms with E-state index in [1.807, 2.05) is 6.92 Å². The Morgan fingerprint density at radius 3 is 2.60 bits per heavy atom. The van der Waals surface area contributed by atoms with Crippen molar-refractivity contribution in [1.82, 2.24) is 14.5 Å². The van der Waals surface area contributed by atoms with Gasteiger partial charge in [-0.1, -0.05) is 0 Å². The van der Waals surface area contributed by atoms with Crippen LogP contribution in [0.3, 0.4) is 0 Å². The number of benzene rings is 2. The lowest BCUT2D eigenvalue weighted by Crippen LogP contribution is -2.16. The van der Waals surface area contributed by atoms with Crippen LogP contribution in [-0.2, 0) is 7.05 Å². The molecule has 154 valence electrons. The van der Waals surface area contributed by atoms with Crippen molar-refractivity contribution in [3.05, 3.63) is 70.8 Å². The number of pyridine rings is 1. The summed E-state index contributed by atoms with van der Waals surface area (Å²) in [5.41, 5.74) is 8.47. The quantitative estimate of drug-likeness (QED) is 0.491. The van der Waals surface area contributed by atoms with Crippen molar-refractivity contribution in [3.63, 3.8) is 0 Å². The van der Waals surface area contributed by atoms with Crippen LogP contribution in [0.1, 0.15) is 6.92 Å². The molecule has 30 heavy (non-hydrogen) atoms. The lowest BCUT2D eigenvalue weighted by Gasteiger charge is -2.15. The zero-order chi connectivity index (χ0) is 21.4. The van der Waals surface area contributed by atoms with Gasteiger partial charge in [-0.2, -0.15) is 0 Å². The fourth-order valence-electron chi connectivity index (χ4n) is 3.24. The van der Waals surface area contributed by atoms with Crippen LogP contribution < -0.4 is 21.4 Å². The van der Waals surface area contributed by atoms with Crippen LogP contribution in [0, 0.1) is 11.6 Å². The summed E-state index contributed by atoms with van der Waals surface area (Å²) in [5.74, 6) is -1.40. The minimum atomic E-state index is -0.732. The highest BCUT2D eigenvalue weighted by Crippen LogP contribution is 2.35. The van der Waals surface area contributed by atoms with Gasteiger partial charge in [-0.25, -0.2) is 8.78 Å². The minimum absolute atomic E-state index is 0.100. The molecule has 7 nitrogen and oxygen atoms in total. The van der Waals surface area contributed by atoms with Crippen molar-refractivity contribution in [2.75, 3.05) is 17.7 Å². The summed E-state index contributed by atoms with van der Waals surface area (Å²) in [6.07, 6.45) is 3.15. The molecule has 0 saturated heterocycles. The fraction of sp³-hybridized carbons (Fsp3) is 0.143. The summed E-state index contributed by atoms with van der Waals surface area (Å²) >= 11 is 0. The minimum Gasteiger partial charge on any atom is -0.399 e. The Balaban J connectivity index is 1.92. The van der Waals surface area contributed by atoms with Crippen LogP contribution in [0.25, 0.3) is 22.0 Å². The highest BCUT2D eigenvalue weighted by Gasteiger charge is 2.17. The molecule has 0 fully saturated rings. The van der Waals surface area contributed by atoms with E-state index in [0.717, 1.165) is 12.1 Å². The van der Waals surface area contributed by atoms with Crippen molar-refractivity contribution in [1.29, 1.82) is 0 Å². The smallest absolute Gasteiger partial charge is 0.261 e. The number of nitrogens with one attached hydrogen (secondary N) is 1. The average Bonchev–Trinajstić information content (AvgIpc) is 3.12. The number of nitrogen functional groups attached to an aromatic ring is 1. The molecular formula is C21H19F2N5O2. The Morgan fingerprint density at radius 1 is 1.10 bits per heavy atom. The SMILES string of the molecule is CCOn1cc2c(=O)n(C)cc(-c3cc(N)ccc3Nc3ccc(F)cc3F)c2n1. The Bertz CT molecular complexity index is 1310. The van der Waals surface area contributed by atoms with Gasteiger partial charge < -0.3 is 20.5 Å². The molecule has 2 heterocycles. The normalized spacial score (nSPS) is 11.1. The summed E-state index contributed by atoms with van der Waals surface area (Å²) in [6.45, 7) is 2.18. The van der Waals surface area contributed by atoms with Crippen molar-refractivity contribution < 1.29 is 13.6 Å². The van der Waals surface area contributed by atoms with Gasteiger partial charge in [0.05, 0.1) is 17.3 Å². The number of nitrogens with zero attached hydrogens (tertiary/aromatic N) is 3. The maximum Gasteiger partial charge on any atom is 0.261 e. The molecule has 4 aromatic rings. The predicted molar refractivity (Wildman–Crippen MR) is 112 cm³/mol. The van der Waals surface area contributed by atoms with Crippen molar-refractivity contribution >= 4 is 28.0 Å². The van der Waals surface area contributed by atoms with Gasteiger partial charge in [0, 0.05) is 41.8 Å². The number of rotatable bonds is 5. The van der Waals surface area contributed by atoms with Crippen LogP contribution in [0.2, 0.25) is 0 Å². The molecular weight excluding hydrogens is 392 g/mol. The molecule has 0 aliphatic heterocycles. The third-order valence-corrected chi connectivity index (χ3v) is 4.62. The van der Waals surface area contributed by atoms with Gasteiger partial charge >= 0.3 is 0 Å². The maximum atomic E-state index is 14.2. The Hall–Kier alpha value is -3.88. The zero-order valence-corrected chi connectivity index (χ0v) is 16.3. The van der Waals surface area contributed by atoms with Gasteiger partial charge in [0.15, 0.2) is 0 Å². The van der Waals surface area contributed by atoms with Crippen LogP contribution in [0.5, 0.6) is 0 Å². The van der Waals surface area contributed by atoms with Crippen LogP contribution in [0.15, 0.2) is 53.6 Å². The van der Waals surface area contributed by atoms with Crippen LogP contribution in [0.4, 0.5) is 25.8 Å².